The summed E-state index contributed by atoms with van der Waals surface area (Å²) >= 11 is 13.6. The van der Waals surface area contributed by atoms with E-state index in [1.807, 2.05) is 13.0 Å². The van der Waals surface area contributed by atoms with Gasteiger partial charge in [-0.2, -0.15) is 0 Å². The molecule has 2 heterocycles. The van der Waals surface area contributed by atoms with Gasteiger partial charge in [-0.15, -0.1) is 11.3 Å². The van der Waals surface area contributed by atoms with E-state index in [0.29, 0.717) is 34.3 Å². The Kier molecular flexibility index (Phi) is 4.73. The van der Waals surface area contributed by atoms with Crippen molar-refractivity contribution in [2.24, 2.45) is 0 Å². The van der Waals surface area contributed by atoms with Crippen molar-refractivity contribution >= 4 is 44.8 Å². The number of rotatable bonds is 4. The number of ether oxygens (including phenoxy) is 1. The second-order valence-corrected chi connectivity index (χ2v) is 7.12. The average Bonchev–Trinajstić information content (AvgIpc) is 2.84. The Bertz CT molecular complexity index is 934. The summed E-state index contributed by atoms with van der Waals surface area (Å²) in [7, 11) is 1.62. The second kappa shape index (κ2) is 6.61. The molecule has 3 aromatic rings. The lowest BCUT2D eigenvalue weighted by atomic mass is 10.0. The molecule has 0 saturated carbocycles. The molecule has 0 aliphatic heterocycles. The number of fused-ring (bicyclic) bond motifs is 1. The molecule has 7 heteroatoms. The summed E-state index contributed by atoms with van der Waals surface area (Å²) in [6, 6.07) is 5.37. The Hall–Kier alpha value is -1.40. The van der Waals surface area contributed by atoms with Gasteiger partial charge in [0.2, 0.25) is 0 Å². The van der Waals surface area contributed by atoms with Crippen molar-refractivity contribution in [1.29, 1.82) is 0 Å². The number of halogens is 2. The number of methoxy groups -OCH3 is 1. The lowest BCUT2D eigenvalue weighted by Gasteiger charge is -2.04. The van der Waals surface area contributed by atoms with Crippen LogP contribution in [-0.4, -0.2) is 23.7 Å². The van der Waals surface area contributed by atoms with Crippen LogP contribution in [0.4, 0.5) is 0 Å². The van der Waals surface area contributed by atoms with Gasteiger partial charge in [-0.05, 0) is 24.6 Å². The number of aromatic amines is 1. The monoisotopic (exact) mass is 368 g/mol. The van der Waals surface area contributed by atoms with Crippen LogP contribution in [0.25, 0.3) is 21.3 Å². The lowest BCUT2D eigenvalue weighted by molar-refractivity contribution is 0.200. The minimum atomic E-state index is -0.147. The van der Waals surface area contributed by atoms with Gasteiger partial charge in [0.1, 0.15) is 10.7 Å². The first-order valence-corrected chi connectivity index (χ1v) is 8.55. The fraction of sp³-hybridized carbons (Fsp3) is 0.250. The predicted molar refractivity (Wildman–Crippen MR) is 96.0 cm³/mol. The number of hydrogen-bond donors (Lipinski definition) is 1. The summed E-state index contributed by atoms with van der Waals surface area (Å²) in [6.07, 6.45) is 0.570. The van der Waals surface area contributed by atoms with Crippen LogP contribution in [0, 0.1) is 6.92 Å². The zero-order valence-corrected chi connectivity index (χ0v) is 14.9. The minimum Gasteiger partial charge on any atom is -0.384 e. The average molecular weight is 369 g/mol. The summed E-state index contributed by atoms with van der Waals surface area (Å²) in [5.74, 6) is 0.631. The highest BCUT2D eigenvalue weighted by Gasteiger charge is 2.17. The molecule has 0 radical (unpaired) electrons. The van der Waals surface area contributed by atoms with Crippen molar-refractivity contribution in [2.45, 2.75) is 13.3 Å². The molecular formula is C16H14Cl2N2O2S. The molecule has 1 aromatic carbocycles. The van der Waals surface area contributed by atoms with Crippen molar-refractivity contribution in [1.82, 2.24) is 9.97 Å². The summed E-state index contributed by atoms with van der Waals surface area (Å²) in [6.45, 7) is 2.48. The number of hydrogen-bond acceptors (Lipinski definition) is 4. The van der Waals surface area contributed by atoms with Gasteiger partial charge in [-0.25, -0.2) is 4.98 Å². The van der Waals surface area contributed by atoms with Gasteiger partial charge in [0.15, 0.2) is 0 Å². The zero-order chi connectivity index (χ0) is 16.6. The van der Waals surface area contributed by atoms with Crippen LogP contribution in [-0.2, 0) is 11.2 Å². The molecule has 2 aromatic heterocycles. The molecule has 0 aliphatic rings. The molecule has 0 atom stereocenters. The summed E-state index contributed by atoms with van der Waals surface area (Å²) in [5, 5.41) is 1.54. The van der Waals surface area contributed by atoms with Gasteiger partial charge < -0.3 is 9.72 Å². The maximum atomic E-state index is 12.5. The third-order valence-electron chi connectivity index (χ3n) is 3.54. The number of nitrogens with one attached hydrogen (secondary N) is 1. The molecule has 120 valence electrons. The fourth-order valence-electron chi connectivity index (χ4n) is 2.48. The van der Waals surface area contributed by atoms with Gasteiger partial charge in [0.25, 0.3) is 5.56 Å². The van der Waals surface area contributed by atoms with E-state index >= 15 is 0 Å². The molecule has 0 fully saturated rings. The van der Waals surface area contributed by atoms with E-state index in [1.54, 1.807) is 19.2 Å². The Labute approximate surface area is 147 Å². The highest BCUT2D eigenvalue weighted by Crippen LogP contribution is 2.37. The first-order valence-electron chi connectivity index (χ1n) is 6.98. The predicted octanol–water partition coefficient (Wildman–Crippen LogP) is 4.46. The second-order valence-electron chi connectivity index (χ2n) is 5.10. The molecule has 0 saturated heterocycles. The third-order valence-corrected chi connectivity index (χ3v) is 5.28. The van der Waals surface area contributed by atoms with Gasteiger partial charge in [-0.3, -0.25) is 4.79 Å². The Morgan fingerprint density at radius 3 is 2.78 bits per heavy atom. The molecule has 23 heavy (non-hydrogen) atoms. The molecule has 4 nitrogen and oxygen atoms in total. The third kappa shape index (κ3) is 3.15. The summed E-state index contributed by atoms with van der Waals surface area (Å²) in [4.78, 5) is 21.6. The van der Waals surface area contributed by atoms with Crippen LogP contribution in [0.15, 0.2) is 23.0 Å². The Balaban J connectivity index is 2.20. The standard InChI is InChI=1S/C16H14Cl2N2O2S/c1-8-13(9-3-4-10(17)11(18)7-9)14-15(21)19-12(5-6-22-2)20-16(14)23-8/h3-4,7H,5-6H2,1-2H3,(H,19,20,21). The maximum Gasteiger partial charge on any atom is 0.260 e. The number of benzene rings is 1. The molecule has 0 aliphatic carbocycles. The maximum absolute atomic E-state index is 12.5. The largest absolute Gasteiger partial charge is 0.384 e. The highest BCUT2D eigenvalue weighted by atomic mass is 35.5. The Morgan fingerprint density at radius 1 is 1.30 bits per heavy atom. The molecule has 0 spiro atoms. The van der Waals surface area contributed by atoms with Crippen molar-refractivity contribution < 1.29 is 4.74 Å². The van der Waals surface area contributed by atoms with E-state index in [1.165, 1.54) is 11.3 Å². The normalized spacial score (nSPS) is 11.3. The zero-order valence-electron chi connectivity index (χ0n) is 12.6. The fourth-order valence-corrected chi connectivity index (χ4v) is 3.84. The van der Waals surface area contributed by atoms with Crippen LogP contribution in [0.5, 0.6) is 0 Å². The van der Waals surface area contributed by atoms with Crippen molar-refractivity contribution in [3.63, 3.8) is 0 Å². The number of H-pyrrole nitrogens is 1. The molecule has 3 rings (SSSR count). The number of aryl methyl sites for hydroxylation is 1. The molecular weight excluding hydrogens is 355 g/mol. The van der Waals surface area contributed by atoms with Gasteiger partial charge >= 0.3 is 0 Å². The molecule has 0 unspecified atom stereocenters. The van der Waals surface area contributed by atoms with E-state index in [9.17, 15) is 4.79 Å². The molecule has 1 N–H and O–H groups in total. The number of nitrogens with zero attached hydrogens (tertiary/aromatic N) is 1. The number of aromatic nitrogens is 2. The van der Waals surface area contributed by atoms with E-state index in [-0.39, 0.29) is 5.56 Å². The van der Waals surface area contributed by atoms with Crippen LogP contribution >= 0.6 is 34.5 Å². The van der Waals surface area contributed by atoms with Gasteiger partial charge in [0.05, 0.1) is 22.0 Å². The number of thiophene rings is 1. The van der Waals surface area contributed by atoms with Crippen LogP contribution in [0.3, 0.4) is 0 Å². The molecule has 0 bridgehead atoms. The summed E-state index contributed by atoms with van der Waals surface area (Å²) in [5.41, 5.74) is 1.57. The Morgan fingerprint density at radius 2 is 2.09 bits per heavy atom. The lowest BCUT2D eigenvalue weighted by Crippen LogP contribution is -2.12. The quantitative estimate of drug-likeness (QED) is 0.739. The first-order chi connectivity index (χ1) is 11.0. The molecule has 0 amide bonds. The van der Waals surface area contributed by atoms with Crippen molar-refractivity contribution in [3.05, 3.63) is 49.3 Å². The minimum absolute atomic E-state index is 0.147. The topological polar surface area (TPSA) is 55.0 Å². The van der Waals surface area contributed by atoms with E-state index in [0.717, 1.165) is 20.8 Å². The van der Waals surface area contributed by atoms with Crippen molar-refractivity contribution in [2.75, 3.05) is 13.7 Å². The van der Waals surface area contributed by atoms with Crippen LogP contribution in [0.1, 0.15) is 10.7 Å². The van der Waals surface area contributed by atoms with Gasteiger partial charge in [0, 0.05) is 24.0 Å². The summed E-state index contributed by atoms with van der Waals surface area (Å²) < 4.78 is 5.03. The smallest absolute Gasteiger partial charge is 0.260 e. The van der Waals surface area contributed by atoms with E-state index < -0.39 is 0 Å². The van der Waals surface area contributed by atoms with Crippen LogP contribution in [0.2, 0.25) is 10.0 Å². The van der Waals surface area contributed by atoms with E-state index in [4.69, 9.17) is 27.9 Å². The van der Waals surface area contributed by atoms with Crippen LogP contribution < -0.4 is 5.56 Å². The SMILES string of the molecule is COCCc1nc2sc(C)c(-c3ccc(Cl)c(Cl)c3)c2c(=O)[nH]1. The highest BCUT2D eigenvalue weighted by molar-refractivity contribution is 7.19. The van der Waals surface area contributed by atoms with Crippen molar-refractivity contribution in [3.8, 4) is 11.1 Å². The van der Waals surface area contributed by atoms with Gasteiger partial charge in [-0.1, -0.05) is 29.3 Å². The van der Waals surface area contributed by atoms with E-state index in [2.05, 4.69) is 9.97 Å². The first kappa shape index (κ1) is 16.5.